The monoisotopic (exact) mass is 291 g/mol. The van der Waals surface area contributed by atoms with Gasteiger partial charge in [-0.25, -0.2) is 4.39 Å². The Balaban J connectivity index is 2.78. The lowest BCUT2D eigenvalue weighted by Crippen LogP contribution is -2.10. The van der Waals surface area contributed by atoms with Crippen LogP contribution in [0.25, 0.3) is 11.1 Å². The minimum Gasteiger partial charge on any atom is -0.364 e. The molecule has 0 aliphatic rings. The number of benzene rings is 1. The quantitative estimate of drug-likeness (QED) is 0.842. The zero-order valence-corrected chi connectivity index (χ0v) is 10.5. The van der Waals surface area contributed by atoms with Gasteiger partial charge in [-0.05, 0) is 12.1 Å². The first-order chi connectivity index (χ1) is 8.00. The highest BCUT2D eigenvalue weighted by molar-refractivity contribution is 6.41. The molecule has 0 saturated heterocycles. The van der Waals surface area contributed by atoms with E-state index in [1.807, 2.05) is 0 Å². The SMILES string of the molecule is O=c1c(F)c[nH]cc1-c1c(Cl)cc(Cl)cc1Cl. The number of aromatic nitrogens is 1. The summed E-state index contributed by atoms with van der Waals surface area (Å²) < 4.78 is 13.2. The molecule has 0 aliphatic carbocycles. The lowest BCUT2D eigenvalue weighted by Gasteiger charge is -2.07. The molecule has 1 aromatic heterocycles. The molecule has 0 spiro atoms. The van der Waals surface area contributed by atoms with Crippen molar-refractivity contribution in [3.63, 3.8) is 0 Å². The maximum Gasteiger partial charge on any atom is 0.225 e. The zero-order chi connectivity index (χ0) is 12.6. The van der Waals surface area contributed by atoms with E-state index in [4.69, 9.17) is 34.8 Å². The Labute approximate surface area is 111 Å². The van der Waals surface area contributed by atoms with Gasteiger partial charge in [0.2, 0.25) is 5.43 Å². The summed E-state index contributed by atoms with van der Waals surface area (Å²) in [6, 6.07) is 2.88. The summed E-state index contributed by atoms with van der Waals surface area (Å²) in [6.45, 7) is 0. The highest BCUT2D eigenvalue weighted by Crippen LogP contribution is 2.35. The highest BCUT2D eigenvalue weighted by Gasteiger charge is 2.15. The summed E-state index contributed by atoms with van der Waals surface area (Å²) in [5, 5.41) is 0.730. The Hall–Kier alpha value is -1.03. The molecule has 1 N–H and O–H groups in total. The van der Waals surface area contributed by atoms with Crippen LogP contribution in [0.2, 0.25) is 15.1 Å². The van der Waals surface area contributed by atoms with E-state index in [2.05, 4.69) is 4.98 Å². The molecular weight excluding hydrogens is 287 g/mol. The molecule has 17 heavy (non-hydrogen) atoms. The molecule has 0 amide bonds. The summed E-state index contributed by atoms with van der Waals surface area (Å²) >= 11 is 17.7. The van der Waals surface area contributed by atoms with E-state index in [0.717, 1.165) is 6.20 Å². The van der Waals surface area contributed by atoms with Crippen LogP contribution in [0.15, 0.2) is 29.3 Å². The molecule has 2 rings (SSSR count). The van der Waals surface area contributed by atoms with E-state index in [1.54, 1.807) is 0 Å². The highest BCUT2D eigenvalue weighted by atomic mass is 35.5. The molecule has 0 aliphatic heterocycles. The molecular formula is C11H5Cl3FNO. The van der Waals surface area contributed by atoms with Crippen LogP contribution in [0.5, 0.6) is 0 Å². The first-order valence-electron chi connectivity index (χ1n) is 4.52. The smallest absolute Gasteiger partial charge is 0.225 e. The van der Waals surface area contributed by atoms with E-state index in [9.17, 15) is 9.18 Å². The second-order valence-electron chi connectivity index (χ2n) is 3.29. The second-order valence-corrected chi connectivity index (χ2v) is 4.54. The zero-order valence-electron chi connectivity index (χ0n) is 8.23. The molecule has 0 unspecified atom stereocenters. The molecule has 0 saturated carbocycles. The van der Waals surface area contributed by atoms with Gasteiger partial charge in [0.1, 0.15) is 0 Å². The van der Waals surface area contributed by atoms with Crippen LogP contribution < -0.4 is 5.43 Å². The average Bonchev–Trinajstić information content (AvgIpc) is 2.23. The summed E-state index contributed by atoms with van der Waals surface area (Å²) in [4.78, 5) is 14.1. The fourth-order valence-corrected chi connectivity index (χ4v) is 2.46. The van der Waals surface area contributed by atoms with Crippen molar-refractivity contribution in [3.05, 3.63) is 55.6 Å². The van der Waals surface area contributed by atoms with E-state index in [-0.39, 0.29) is 21.2 Å². The lowest BCUT2D eigenvalue weighted by molar-refractivity contribution is 0.612. The van der Waals surface area contributed by atoms with Gasteiger partial charge in [0, 0.05) is 23.0 Å². The van der Waals surface area contributed by atoms with Gasteiger partial charge < -0.3 is 4.98 Å². The Kier molecular flexibility index (Phi) is 3.43. The molecule has 0 fully saturated rings. The van der Waals surface area contributed by atoms with Crippen LogP contribution in [0.4, 0.5) is 4.39 Å². The summed E-state index contributed by atoms with van der Waals surface area (Å²) in [7, 11) is 0. The van der Waals surface area contributed by atoms with Gasteiger partial charge in [0.25, 0.3) is 0 Å². The third-order valence-electron chi connectivity index (χ3n) is 2.18. The van der Waals surface area contributed by atoms with Crippen molar-refractivity contribution in [2.24, 2.45) is 0 Å². The first-order valence-corrected chi connectivity index (χ1v) is 5.65. The van der Waals surface area contributed by atoms with Crippen LogP contribution in [0.3, 0.4) is 0 Å². The molecule has 6 heteroatoms. The Bertz CT molecular complexity index is 616. The Morgan fingerprint density at radius 3 is 2.24 bits per heavy atom. The first kappa shape index (κ1) is 12.4. The fourth-order valence-electron chi connectivity index (χ4n) is 1.44. The van der Waals surface area contributed by atoms with Crippen molar-refractivity contribution in [3.8, 4) is 11.1 Å². The molecule has 2 nitrogen and oxygen atoms in total. The van der Waals surface area contributed by atoms with E-state index in [1.165, 1.54) is 18.3 Å². The molecule has 88 valence electrons. The topological polar surface area (TPSA) is 32.9 Å². The van der Waals surface area contributed by atoms with E-state index < -0.39 is 11.2 Å². The van der Waals surface area contributed by atoms with Gasteiger partial charge in [-0.15, -0.1) is 0 Å². The minimum absolute atomic E-state index is 0.0664. The maximum atomic E-state index is 13.2. The standard InChI is InChI=1S/C11H5Cl3FNO/c12-5-1-7(13)10(8(14)2-5)6-3-16-4-9(15)11(6)17/h1-4H,(H,16,17). The van der Waals surface area contributed by atoms with Gasteiger partial charge >= 0.3 is 0 Å². The Morgan fingerprint density at radius 2 is 1.65 bits per heavy atom. The van der Waals surface area contributed by atoms with Crippen molar-refractivity contribution < 1.29 is 4.39 Å². The largest absolute Gasteiger partial charge is 0.364 e. The van der Waals surface area contributed by atoms with E-state index in [0.29, 0.717) is 5.02 Å². The van der Waals surface area contributed by atoms with Crippen LogP contribution in [-0.2, 0) is 0 Å². The number of hydrogen-bond donors (Lipinski definition) is 1. The Morgan fingerprint density at radius 1 is 1.06 bits per heavy atom. The van der Waals surface area contributed by atoms with Crippen molar-refractivity contribution in [2.75, 3.05) is 0 Å². The van der Waals surface area contributed by atoms with Crippen LogP contribution in [0.1, 0.15) is 0 Å². The third kappa shape index (κ3) is 2.32. The summed E-state index contributed by atoms with van der Waals surface area (Å²) in [5.41, 5.74) is -0.440. The summed E-state index contributed by atoms with van der Waals surface area (Å²) in [5.74, 6) is -0.899. The van der Waals surface area contributed by atoms with Gasteiger partial charge in [0.05, 0.1) is 15.6 Å². The van der Waals surface area contributed by atoms with Crippen molar-refractivity contribution in [1.29, 1.82) is 0 Å². The lowest BCUT2D eigenvalue weighted by atomic mass is 10.1. The number of hydrogen-bond acceptors (Lipinski definition) is 1. The molecule has 0 atom stereocenters. The molecule has 0 bridgehead atoms. The number of H-pyrrole nitrogens is 1. The van der Waals surface area contributed by atoms with Gasteiger partial charge in [-0.3, -0.25) is 4.79 Å². The summed E-state index contributed by atoms with van der Waals surface area (Å²) in [6.07, 6.45) is 2.30. The van der Waals surface area contributed by atoms with Crippen LogP contribution in [-0.4, -0.2) is 4.98 Å². The van der Waals surface area contributed by atoms with E-state index >= 15 is 0 Å². The normalized spacial score (nSPS) is 10.6. The third-order valence-corrected chi connectivity index (χ3v) is 2.99. The molecule has 0 radical (unpaired) electrons. The van der Waals surface area contributed by atoms with Gasteiger partial charge in [-0.2, -0.15) is 0 Å². The van der Waals surface area contributed by atoms with Gasteiger partial charge in [0.15, 0.2) is 5.82 Å². The predicted octanol–water partition coefficient (Wildman–Crippen LogP) is 4.14. The van der Waals surface area contributed by atoms with Crippen molar-refractivity contribution in [2.45, 2.75) is 0 Å². The van der Waals surface area contributed by atoms with Gasteiger partial charge in [-0.1, -0.05) is 34.8 Å². The van der Waals surface area contributed by atoms with Crippen LogP contribution >= 0.6 is 34.8 Å². The average molecular weight is 293 g/mol. The predicted molar refractivity (Wildman–Crippen MR) is 67.5 cm³/mol. The number of pyridine rings is 1. The molecule has 2 aromatic rings. The molecule has 1 heterocycles. The van der Waals surface area contributed by atoms with Crippen LogP contribution in [0, 0.1) is 5.82 Å². The second kappa shape index (κ2) is 4.69. The number of rotatable bonds is 1. The van der Waals surface area contributed by atoms with Crippen molar-refractivity contribution in [1.82, 2.24) is 4.98 Å². The number of nitrogens with one attached hydrogen (secondary N) is 1. The fraction of sp³-hybridized carbons (Fsp3) is 0. The number of halogens is 4. The minimum atomic E-state index is -0.899. The number of aromatic amines is 1. The molecule has 1 aromatic carbocycles. The maximum absolute atomic E-state index is 13.2. The van der Waals surface area contributed by atoms with Crippen molar-refractivity contribution >= 4 is 34.8 Å².